The predicted molar refractivity (Wildman–Crippen MR) is 283 cm³/mol. The molecule has 3 aromatic heterocycles. The minimum Gasteiger partial charge on any atom is -0.456 e. The molecule has 5 heteroatoms. The monoisotopic (exact) mass is 895 g/mol. The van der Waals surface area contributed by atoms with Crippen LogP contribution in [-0.4, -0.2) is 15.0 Å². The molecule has 13 aromatic rings. The second-order valence-electron chi connectivity index (χ2n) is 18.2. The highest BCUT2D eigenvalue weighted by Crippen LogP contribution is 2.63. The van der Waals surface area contributed by atoms with Gasteiger partial charge in [0.1, 0.15) is 11.2 Å². The van der Waals surface area contributed by atoms with Crippen LogP contribution in [0.2, 0.25) is 0 Å². The van der Waals surface area contributed by atoms with Crippen LogP contribution < -0.4 is 0 Å². The van der Waals surface area contributed by atoms with Crippen LogP contribution in [0.5, 0.6) is 0 Å². The second-order valence-corrected chi connectivity index (χ2v) is 19.3. The normalized spacial score (nSPS) is 13.0. The molecule has 2 aliphatic carbocycles. The van der Waals surface area contributed by atoms with Crippen LogP contribution in [0.1, 0.15) is 22.3 Å². The summed E-state index contributed by atoms with van der Waals surface area (Å²) in [6, 6.07) is 80.9. The van der Waals surface area contributed by atoms with Gasteiger partial charge in [0.05, 0.1) is 5.41 Å². The summed E-state index contributed by atoms with van der Waals surface area (Å²) in [5.41, 5.74) is 19.0. The molecule has 0 saturated carbocycles. The van der Waals surface area contributed by atoms with Crippen molar-refractivity contribution in [2.45, 2.75) is 5.41 Å². The lowest BCUT2D eigenvalue weighted by molar-refractivity contribution is 0.669. The number of furan rings is 1. The molecule has 0 amide bonds. The van der Waals surface area contributed by atoms with Gasteiger partial charge in [-0.15, -0.1) is 11.3 Å². The van der Waals surface area contributed by atoms with Crippen molar-refractivity contribution in [3.05, 3.63) is 247 Å². The first-order valence-corrected chi connectivity index (χ1v) is 24.2. The molecule has 1 spiro atoms. The van der Waals surface area contributed by atoms with Crippen molar-refractivity contribution in [3.8, 4) is 78.7 Å². The lowest BCUT2D eigenvalue weighted by Crippen LogP contribution is -2.25. The van der Waals surface area contributed by atoms with Crippen LogP contribution in [0.15, 0.2) is 229 Å². The lowest BCUT2D eigenvalue weighted by Gasteiger charge is -2.30. The summed E-state index contributed by atoms with van der Waals surface area (Å²) in [6.07, 6.45) is 0. The van der Waals surface area contributed by atoms with Crippen LogP contribution >= 0.6 is 11.3 Å². The Kier molecular flexibility index (Phi) is 8.12. The number of hydrogen-bond donors (Lipinski definition) is 0. The van der Waals surface area contributed by atoms with E-state index in [0.717, 1.165) is 60.9 Å². The molecule has 0 bridgehead atoms. The summed E-state index contributed by atoms with van der Waals surface area (Å²) in [5, 5.41) is 4.41. The van der Waals surface area contributed by atoms with Gasteiger partial charge in [-0.05, 0) is 115 Å². The molecular weight excluding hydrogens is 859 g/mol. The van der Waals surface area contributed by atoms with E-state index in [1.807, 2.05) is 18.2 Å². The molecule has 0 aliphatic heterocycles. The largest absolute Gasteiger partial charge is 0.456 e. The Morgan fingerprint density at radius 1 is 0.304 bits per heavy atom. The first kappa shape index (κ1) is 38.3. The zero-order chi connectivity index (χ0) is 45.2. The SMILES string of the molecule is c1ccc(-c2ccc(-c3nc(-c4ccc5sc6ccccc6c5c4)nc(-c4cccc5oc6ccc(-c7ccc8c(c7)-c7ccccc7C87c8ccccc8-c8ccccc87)cc6c45)n3)cc2)cc1. The van der Waals surface area contributed by atoms with Gasteiger partial charge in [0.25, 0.3) is 0 Å². The second kappa shape index (κ2) is 14.6. The highest BCUT2D eigenvalue weighted by molar-refractivity contribution is 7.25. The van der Waals surface area contributed by atoms with Crippen LogP contribution in [0.4, 0.5) is 0 Å². The third kappa shape index (κ3) is 5.59. The molecule has 4 nitrogen and oxygen atoms in total. The van der Waals surface area contributed by atoms with E-state index >= 15 is 0 Å². The number of thiophene rings is 1. The van der Waals surface area contributed by atoms with Gasteiger partial charge < -0.3 is 4.42 Å². The first-order valence-electron chi connectivity index (χ1n) is 23.4. The first-order chi connectivity index (χ1) is 34.2. The van der Waals surface area contributed by atoms with E-state index in [2.05, 4.69) is 206 Å². The minimum absolute atomic E-state index is 0.382. The van der Waals surface area contributed by atoms with Gasteiger partial charge in [-0.2, -0.15) is 0 Å². The molecule has 320 valence electrons. The van der Waals surface area contributed by atoms with Crippen molar-refractivity contribution in [1.82, 2.24) is 15.0 Å². The summed E-state index contributed by atoms with van der Waals surface area (Å²) in [5.74, 6) is 1.82. The Labute approximate surface area is 401 Å². The third-order valence-electron chi connectivity index (χ3n) is 14.6. The van der Waals surface area contributed by atoms with Gasteiger partial charge in [0.2, 0.25) is 0 Å². The summed E-state index contributed by atoms with van der Waals surface area (Å²) >= 11 is 1.81. The van der Waals surface area contributed by atoms with Crippen LogP contribution in [0.3, 0.4) is 0 Å². The fraction of sp³-hybridized carbons (Fsp3) is 0.0156. The van der Waals surface area contributed by atoms with Gasteiger partial charge in [-0.1, -0.05) is 176 Å². The number of rotatable bonds is 5. The van der Waals surface area contributed by atoms with Crippen molar-refractivity contribution in [3.63, 3.8) is 0 Å². The highest BCUT2D eigenvalue weighted by atomic mass is 32.1. The molecule has 0 atom stereocenters. The van der Waals surface area contributed by atoms with Crippen LogP contribution in [0.25, 0.3) is 121 Å². The Morgan fingerprint density at radius 2 is 0.826 bits per heavy atom. The van der Waals surface area contributed by atoms with E-state index in [1.54, 1.807) is 11.3 Å². The highest BCUT2D eigenvalue weighted by Gasteiger charge is 2.51. The lowest BCUT2D eigenvalue weighted by atomic mass is 9.70. The fourth-order valence-electron chi connectivity index (χ4n) is 11.5. The summed E-state index contributed by atoms with van der Waals surface area (Å²) in [7, 11) is 0. The molecule has 2 aliphatic rings. The van der Waals surface area contributed by atoms with E-state index in [4.69, 9.17) is 19.4 Å². The standard InChI is InChI=1S/C64H37N3OS/c1-2-13-38(14-3-1)39-25-27-40(28-26-39)61-65-62(43-31-34-59-50(37-43)47-18-7-11-24-58(47)69-59)67-63(66-61)48-19-12-23-57-60(48)51-36-42(30-33-56(51)68-57)41-29-32-55-49(35-41)46-17-6-10-22-54(46)64(55)52-20-8-4-15-44(52)45-16-5-9-21-53(45)64/h1-37H. The summed E-state index contributed by atoms with van der Waals surface area (Å²) < 4.78 is 9.15. The molecule has 3 heterocycles. The molecule has 15 rings (SSSR count). The van der Waals surface area contributed by atoms with Crippen molar-refractivity contribution in [2.24, 2.45) is 0 Å². The number of fused-ring (bicyclic) bond motifs is 16. The maximum absolute atomic E-state index is 6.65. The average Bonchev–Trinajstić information content (AvgIpc) is 4.16. The van der Waals surface area contributed by atoms with E-state index in [9.17, 15) is 0 Å². The molecular formula is C64H37N3OS. The number of aromatic nitrogens is 3. The third-order valence-corrected chi connectivity index (χ3v) is 15.7. The van der Waals surface area contributed by atoms with Gasteiger partial charge in [-0.3, -0.25) is 0 Å². The summed E-state index contributed by atoms with van der Waals surface area (Å²) in [4.78, 5) is 15.8. The van der Waals surface area contributed by atoms with Gasteiger partial charge >= 0.3 is 0 Å². The van der Waals surface area contributed by atoms with Gasteiger partial charge in [0.15, 0.2) is 17.5 Å². The topological polar surface area (TPSA) is 51.8 Å². The molecule has 10 aromatic carbocycles. The van der Waals surface area contributed by atoms with Crippen molar-refractivity contribution in [1.29, 1.82) is 0 Å². The Balaban J connectivity index is 0.896. The maximum Gasteiger partial charge on any atom is 0.164 e. The molecule has 69 heavy (non-hydrogen) atoms. The number of hydrogen-bond acceptors (Lipinski definition) is 5. The predicted octanol–water partition coefficient (Wildman–Crippen LogP) is 16.8. The fourth-order valence-corrected chi connectivity index (χ4v) is 12.6. The molecule has 0 unspecified atom stereocenters. The van der Waals surface area contributed by atoms with Crippen LogP contribution in [-0.2, 0) is 5.41 Å². The Bertz CT molecular complexity index is 4220. The quantitative estimate of drug-likeness (QED) is 0.173. The number of nitrogens with zero attached hydrogens (tertiary/aromatic N) is 3. The summed E-state index contributed by atoms with van der Waals surface area (Å²) in [6.45, 7) is 0. The van der Waals surface area contributed by atoms with Crippen molar-refractivity contribution < 1.29 is 4.42 Å². The minimum atomic E-state index is -0.382. The van der Waals surface area contributed by atoms with Gasteiger partial charge in [-0.25, -0.2) is 15.0 Å². The average molecular weight is 896 g/mol. The molecule has 0 N–H and O–H groups in total. The van der Waals surface area contributed by atoms with Crippen LogP contribution in [0, 0.1) is 0 Å². The smallest absolute Gasteiger partial charge is 0.164 e. The van der Waals surface area contributed by atoms with E-state index in [1.165, 1.54) is 64.7 Å². The zero-order valence-corrected chi connectivity index (χ0v) is 37.8. The van der Waals surface area contributed by atoms with Crippen molar-refractivity contribution >= 4 is 53.4 Å². The number of benzene rings is 10. The molecule has 0 saturated heterocycles. The Hall–Kier alpha value is -8.77. The molecule has 0 radical (unpaired) electrons. The maximum atomic E-state index is 6.65. The van der Waals surface area contributed by atoms with Gasteiger partial charge in [0, 0.05) is 47.6 Å². The Morgan fingerprint density at radius 3 is 1.59 bits per heavy atom. The van der Waals surface area contributed by atoms with E-state index in [0.29, 0.717) is 17.5 Å². The van der Waals surface area contributed by atoms with Crippen molar-refractivity contribution in [2.75, 3.05) is 0 Å². The van der Waals surface area contributed by atoms with E-state index in [-0.39, 0.29) is 5.41 Å². The zero-order valence-electron chi connectivity index (χ0n) is 37.0. The molecule has 0 fully saturated rings. The van der Waals surface area contributed by atoms with E-state index < -0.39 is 0 Å².